The summed E-state index contributed by atoms with van der Waals surface area (Å²) >= 11 is 3.71. The normalized spacial score (nSPS) is 12.8. The Balaban J connectivity index is 2.96. The van der Waals surface area contributed by atoms with Gasteiger partial charge in [-0.05, 0) is 12.8 Å². The van der Waals surface area contributed by atoms with Crippen molar-refractivity contribution in [1.29, 1.82) is 0 Å². The molecule has 0 saturated heterocycles. The zero-order chi connectivity index (χ0) is 14.9. The summed E-state index contributed by atoms with van der Waals surface area (Å²) in [6.45, 7) is 4.56. The molecule has 0 aromatic carbocycles. The smallest absolute Gasteiger partial charge is 0.0143 e. The fourth-order valence-electron chi connectivity index (χ4n) is 2.76. The quantitative estimate of drug-likeness (QED) is 0.196. The average molecular weight is 347 g/mol. The molecule has 1 unspecified atom stereocenters. The fraction of sp³-hybridized carbons (Fsp3) is 1.00. The summed E-state index contributed by atoms with van der Waals surface area (Å²) < 4.78 is 0. The van der Waals surface area contributed by atoms with Crippen LogP contribution in [-0.2, 0) is 0 Å². The van der Waals surface area contributed by atoms with Crippen molar-refractivity contribution in [3.05, 3.63) is 0 Å². The Kier molecular flexibility index (Phi) is 18.0. The number of unbranched alkanes of at least 4 members (excludes halogenated alkanes) is 13. The molecule has 0 aromatic heterocycles. The van der Waals surface area contributed by atoms with Crippen LogP contribution in [0.1, 0.15) is 117 Å². The lowest BCUT2D eigenvalue weighted by Gasteiger charge is -2.06. The highest BCUT2D eigenvalue weighted by Crippen LogP contribution is 2.16. The number of rotatable bonds is 16. The van der Waals surface area contributed by atoms with Crippen molar-refractivity contribution in [2.75, 3.05) is 0 Å². The first-order valence-corrected chi connectivity index (χ1v) is 10.4. The minimum Gasteiger partial charge on any atom is -0.0891 e. The van der Waals surface area contributed by atoms with Gasteiger partial charge in [-0.25, -0.2) is 0 Å². The van der Waals surface area contributed by atoms with Gasteiger partial charge in [0.2, 0.25) is 0 Å². The molecule has 1 atom stereocenters. The average Bonchev–Trinajstić information content (AvgIpc) is 2.47. The van der Waals surface area contributed by atoms with E-state index in [-0.39, 0.29) is 0 Å². The first kappa shape index (κ1) is 20.5. The van der Waals surface area contributed by atoms with Crippen molar-refractivity contribution in [1.82, 2.24) is 0 Å². The lowest BCUT2D eigenvalue weighted by Crippen LogP contribution is -1.94. The first-order chi connectivity index (χ1) is 9.81. The Bertz CT molecular complexity index is 167. The standard InChI is InChI=1S/C19H39Br/c1-3-5-6-7-8-9-10-11-12-13-14-15-16-17-18-19(20)4-2/h19H,3-18H2,1-2H3. The largest absolute Gasteiger partial charge is 0.0891 e. The number of halogens is 1. The molecule has 0 nitrogen and oxygen atoms in total. The minimum absolute atomic E-state index is 0.764. The van der Waals surface area contributed by atoms with E-state index in [1.165, 1.54) is 103 Å². The van der Waals surface area contributed by atoms with Crippen molar-refractivity contribution in [3.63, 3.8) is 0 Å². The molecule has 0 radical (unpaired) electrons. The van der Waals surface area contributed by atoms with Crippen molar-refractivity contribution in [3.8, 4) is 0 Å². The van der Waals surface area contributed by atoms with Gasteiger partial charge in [0.1, 0.15) is 0 Å². The van der Waals surface area contributed by atoms with Crippen LogP contribution in [0.5, 0.6) is 0 Å². The predicted octanol–water partition coefficient (Wildman–Crippen LogP) is 8.03. The van der Waals surface area contributed by atoms with Gasteiger partial charge < -0.3 is 0 Å². The first-order valence-electron chi connectivity index (χ1n) is 9.45. The van der Waals surface area contributed by atoms with E-state index >= 15 is 0 Å². The molecule has 1 heteroatoms. The summed E-state index contributed by atoms with van der Waals surface area (Å²) in [6, 6.07) is 0. The van der Waals surface area contributed by atoms with Gasteiger partial charge in [0.15, 0.2) is 0 Å². The molecule has 0 heterocycles. The molecule has 0 N–H and O–H groups in total. The van der Waals surface area contributed by atoms with E-state index in [0.29, 0.717) is 0 Å². The molecule has 0 saturated carbocycles. The molecule has 0 spiro atoms. The monoisotopic (exact) mass is 346 g/mol. The summed E-state index contributed by atoms with van der Waals surface area (Å²) in [4.78, 5) is 0.764. The van der Waals surface area contributed by atoms with E-state index in [2.05, 4.69) is 29.8 Å². The van der Waals surface area contributed by atoms with E-state index in [1.807, 2.05) is 0 Å². The van der Waals surface area contributed by atoms with Crippen LogP contribution < -0.4 is 0 Å². The minimum atomic E-state index is 0.764. The second-order valence-corrected chi connectivity index (χ2v) is 7.69. The Morgan fingerprint density at radius 2 is 0.900 bits per heavy atom. The van der Waals surface area contributed by atoms with E-state index in [1.54, 1.807) is 0 Å². The zero-order valence-electron chi connectivity index (χ0n) is 14.3. The van der Waals surface area contributed by atoms with Crippen molar-refractivity contribution in [2.24, 2.45) is 0 Å². The maximum Gasteiger partial charge on any atom is 0.0143 e. The maximum atomic E-state index is 3.71. The topological polar surface area (TPSA) is 0 Å². The molecule has 0 aromatic rings. The molecule has 0 bridgehead atoms. The van der Waals surface area contributed by atoms with Crippen LogP contribution in [0.25, 0.3) is 0 Å². The number of hydrogen-bond donors (Lipinski definition) is 0. The molecular formula is C19H39Br. The van der Waals surface area contributed by atoms with Gasteiger partial charge in [0.25, 0.3) is 0 Å². The molecular weight excluding hydrogens is 308 g/mol. The molecule has 0 aliphatic heterocycles. The van der Waals surface area contributed by atoms with E-state index in [9.17, 15) is 0 Å². The Labute approximate surface area is 137 Å². The van der Waals surface area contributed by atoms with Crippen LogP contribution in [-0.4, -0.2) is 4.83 Å². The summed E-state index contributed by atoms with van der Waals surface area (Å²) in [5.74, 6) is 0. The van der Waals surface area contributed by atoms with Crippen LogP contribution in [0.3, 0.4) is 0 Å². The van der Waals surface area contributed by atoms with Gasteiger partial charge in [-0.2, -0.15) is 0 Å². The molecule has 0 amide bonds. The van der Waals surface area contributed by atoms with Crippen LogP contribution in [0.15, 0.2) is 0 Å². The molecule has 0 aliphatic carbocycles. The van der Waals surface area contributed by atoms with Crippen LogP contribution in [0, 0.1) is 0 Å². The Morgan fingerprint density at radius 1 is 0.550 bits per heavy atom. The SMILES string of the molecule is CCCCCCCCCCCCCCCCC(Br)CC. The second kappa shape index (κ2) is 17.5. The highest BCUT2D eigenvalue weighted by molar-refractivity contribution is 9.09. The highest BCUT2D eigenvalue weighted by atomic mass is 79.9. The van der Waals surface area contributed by atoms with Crippen LogP contribution in [0.4, 0.5) is 0 Å². The van der Waals surface area contributed by atoms with Gasteiger partial charge in [-0.1, -0.05) is 120 Å². The van der Waals surface area contributed by atoms with Gasteiger partial charge in [0, 0.05) is 4.83 Å². The van der Waals surface area contributed by atoms with Crippen molar-refractivity contribution in [2.45, 2.75) is 121 Å². The third-order valence-corrected chi connectivity index (χ3v) is 5.42. The third kappa shape index (κ3) is 16.5. The van der Waals surface area contributed by atoms with Gasteiger partial charge in [-0.15, -0.1) is 0 Å². The van der Waals surface area contributed by atoms with Crippen LogP contribution >= 0.6 is 15.9 Å². The fourth-order valence-corrected chi connectivity index (χ4v) is 3.09. The number of alkyl halides is 1. The van der Waals surface area contributed by atoms with E-state index in [0.717, 1.165) is 4.83 Å². The molecule has 0 rings (SSSR count). The van der Waals surface area contributed by atoms with Crippen LogP contribution in [0.2, 0.25) is 0 Å². The predicted molar refractivity (Wildman–Crippen MR) is 97.9 cm³/mol. The lowest BCUT2D eigenvalue weighted by molar-refractivity contribution is 0.530. The highest BCUT2D eigenvalue weighted by Gasteiger charge is 1.99. The summed E-state index contributed by atoms with van der Waals surface area (Å²) in [7, 11) is 0. The van der Waals surface area contributed by atoms with Crippen molar-refractivity contribution >= 4 is 15.9 Å². The maximum absolute atomic E-state index is 3.71. The Morgan fingerprint density at radius 3 is 1.25 bits per heavy atom. The molecule has 20 heavy (non-hydrogen) atoms. The third-order valence-electron chi connectivity index (χ3n) is 4.31. The number of hydrogen-bond acceptors (Lipinski definition) is 0. The van der Waals surface area contributed by atoms with E-state index in [4.69, 9.17) is 0 Å². The van der Waals surface area contributed by atoms with Crippen molar-refractivity contribution < 1.29 is 0 Å². The summed E-state index contributed by atoms with van der Waals surface area (Å²) in [5, 5.41) is 0. The molecule has 0 aliphatic rings. The lowest BCUT2D eigenvalue weighted by atomic mass is 10.0. The second-order valence-electron chi connectivity index (χ2n) is 6.39. The molecule has 122 valence electrons. The zero-order valence-corrected chi connectivity index (χ0v) is 15.9. The van der Waals surface area contributed by atoms with E-state index < -0.39 is 0 Å². The van der Waals surface area contributed by atoms with Gasteiger partial charge in [-0.3, -0.25) is 0 Å². The van der Waals surface area contributed by atoms with Gasteiger partial charge >= 0.3 is 0 Å². The Hall–Kier alpha value is 0.480. The molecule has 0 fully saturated rings. The van der Waals surface area contributed by atoms with Gasteiger partial charge in [0.05, 0.1) is 0 Å². The summed E-state index contributed by atoms with van der Waals surface area (Å²) in [5.41, 5.74) is 0. The summed E-state index contributed by atoms with van der Waals surface area (Å²) in [6.07, 6.45) is 23.0.